The van der Waals surface area contributed by atoms with Crippen molar-refractivity contribution in [2.24, 2.45) is 0 Å². The van der Waals surface area contributed by atoms with Gasteiger partial charge < -0.3 is 0 Å². The average Bonchev–Trinajstić information content (AvgIpc) is 2.66. The van der Waals surface area contributed by atoms with Crippen molar-refractivity contribution in [2.75, 3.05) is 0 Å². The van der Waals surface area contributed by atoms with Crippen LogP contribution in [-0.4, -0.2) is 5.78 Å². The number of hydrogen-bond donors (Lipinski definition) is 0. The van der Waals surface area contributed by atoms with Gasteiger partial charge in [0.2, 0.25) is 0 Å². The van der Waals surface area contributed by atoms with E-state index in [1.165, 1.54) is 37.9 Å². The second-order valence-corrected chi connectivity index (χ2v) is 7.19. The number of ketones is 1. The molecule has 0 spiro atoms. The van der Waals surface area contributed by atoms with Gasteiger partial charge in [-0.1, -0.05) is 61.0 Å². The monoisotopic (exact) mass is 324 g/mol. The zero-order valence-corrected chi connectivity index (χ0v) is 14.2. The Morgan fingerprint density at radius 3 is 2.36 bits per heavy atom. The maximum Gasteiger partial charge on any atom is 0.140 e. The van der Waals surface area contributed by atoms with Gasteiger partial charge >= 0.3 is 0 Å². The van der Waals surface area contributed by atoms with Crippen LogP contribution in [0.1, 0.15) is 37.2 Å². The maximum atomic E-state index is 12.5. The Morgan fingerprint density at radius 1 is 0.680 bits per heavy atom. The zero-order valence-electron chi connectivity index (χ0n) is 14.2. The molecule has 0 aliphatic heterocycles. The number of benzene rings is 4. The van der Waals surface area contributed by atoms with Crippen molar-refractivity contribution in [1.29, 1.82) is 0 Å². The van der Waals surface area contributed by atoms with Crippen molar-refractivity contribution < 1.29 is 4.79 Å². The molecule has 0 amide bonds. The Morgan fingerprint density at radius 2 is 1.52 bits per heavy atom. The van der Waals surface area contributed by atoms with Crippen LogP contribution in [0.15, 0.2) is 66.7 Å². The van der Waals surface area contributed by atoms with Gasteiger partial charge in [-0.2, -0.15) is 0 Å². The van der Waals surface area contributed by atoms with E-state index in [0.717, 1.165) is 25.7 Å². The van der Waals surface area contributed by atoms with Crippen molar-refractivity contribution in [1.82, 2.24) is 0 Å². The third-order valence-corrected chi connectivity index (χ3v) is 5.71. The summed E-state index contributed by atoms with van der Waals surface area (Å²) in [7, 11) is 0. The summed E-state index contributed by atoms with van der Waals surface area (Å²) < 4.78 is 0. The van der Waals surface area contributed by atoms with E-state index < -0.39 is 0 Å². The molecule has 0 saturated heterocycles. The van der Waals surface area contributed by atoms with Gasteiger partial charge in [-0.05, 0) is 62.9 Å². The molecule has 0 N–H and O–H groups in total. The van der Waals surface area contributed by atoms with E-state index >= 15 is 0 Å². The second kappa shape index (κ2) is 5.70. The van der Waals surface area contributed by atoms with Crippen LogP contribution in [0.2, 0.25) is 0 Å². The van der Waals surface area contributed by atoms with E-state index in [1.807, 2.05) is 0 Å². The molecule has 0 heterocycles. The van der Waals surface area contributed by atoms with Gasteiger partial charge in [-0.25, -0.2) is 0 Å². The Balaban J connectivity index is 1.80. The van der Waals surface area contributed by atoms with Crippen LogP contribution in [0.5, 0.6) is 0 Å². The van der Waals surface area contributed by atoms with E-state index in [2.05, 4.69) is 66.7 Å². The summed E-state index contributed by atoms with van der Waals surface area (Å²) in [6.07, 6.45) is 3.94. The highest BCUT2D eigenvalue weighted by atomic mass is 16.1. The highest BCUT2D eigenvalue weighted by molar-refractivity contribution is 6.13. The molecule has 1 aliphatic rings. The van der Waals surface area contributed by atoms with Gasteiger partial charge in [-0.3, -0.25) is 4.79 Å². The molecule has 1 saturated carbocycles. The lowest BCUT2D eigenvalue weighted by Crippen LogP contribution is -2.17. The topological polar surface area (TPSA) is 17.1 Å². The van der Waals surface area contributed by atoms with Crippen molar-refractivity contribution in [3.05, 3.63) is 72.3 Å². The summed E-state index contributed by atoms with van der Waals surface area (Å²) in [4.78, 5) is 12.5. The molecule has 1 unspecified atom stereocenters. The molecule has 1 nitrogen and oxygen atoms in total. The quantitative estimate of drug-likeness (QED) is 0.293. The first-order chi connectivity index (χ1) is 12.3. The fourth-order valence-corrected chi connectivity index (χ4v) is 4.42. The predicted octanol–water partition coefficient (Wildman–Crippen LogP) is 6.37. The summed E-state index contributed by atoms with van der Waals surface area (Å²) in [6, 6.07) is 24.0. The van der Waals surface area contributed by atoms with E-state index in [1.54, 1.807) is 0 Å². The molecular formula is C24H20O. The highest BCUT2D eigenvalue weighted by Gasteiger charge is 2.25. The van der Waals surface area contributed by atoms with Gasteiger partial charge in [-0.15, -0.1) is 0 Å². The lowest BCUT2D eigenvalue weighted by molar-refractivity contribution is -0.121. The molecule has 1 aliphatic carbocycles. The van der Waals surface area contributed by atoms with Crippen molar-refractivity contribution >= 4 is 38.1 Å². The Hall–Kier alpha value is -2.67. The fourth-order valence-electron chi connectivity index (χ4n) is 4.42. The van der Waals surface area contributed by atoms with E-state index in [9.17, 15) is 4.79 Å². The van der Waals surface area contributed by atoms with E-state index in [-0.39, 0.29) is 5.92 Å². The van der Waals surface area contributed by atoms with Crippen LogP contribution >= 0.6 is 0 Å². The lowest BCUT2D eigenvalue weighted by atomic mass is 9.80. The zero-order chi connectivity index (χ0) is 16.8. The number of fused-ring (bicyclic) bond motifs is 4. The molecule has 5 rings (SSSR count). The van der Waals surface area contributed by atoms with Crippen LogP contribution in [0, 0.1) is 0 Å². The molecule has 122 valence electrons. The minimum Gasteiger partial charge on any atom is -0.299 e. The summed E-state index contributed by atoms with van der Waals surface area (Å²) in [5, 5.41) is 7.58. The molecule has 25 heavy (non-hydrogen) atoms. The van der Waals surface area contributed by atoms with Crippen molar-refractivity contribution in [3.63, 3.8) is 0 Å². The van der Waals surface area contributed by atoms with Crippen LogP contribution in [0.25, 0.3) is 32.3 Å². The summed E-state index contributed by atoms with van der Waals surface area (Å²) in [6.45, 7) is 0. The van der Waals surface area contributed by atoms with Crippen LogP contribution in [0.4, 0.5) is 0 Å². The predicted molar refractivity (Wildman–Crippen MR) is 105 cm³/mol. The van der Waals surface area contributed by atoms with E-state index in [4.69, 9.17) is 0 Å². The Labute approximate surface area is 147 Å². The van der Waals surface area contributed by atoms with Gasteiger partial charge in [0.15, 0.2) is 0 Å². The first-order valence-electron chi connectivity index (χ1n) is 9.18. The number of carbonyl (C=O) groups is 1. The molecule has 0 radical (unpaired) electrons. The average molecular weight is 324 g/mol. The van der Waals surface area contributed by atoms with Gasteiger partial charge in [0.25, 0.3) is 0 Å². The SMILES string of the molecule is O=C1CCCCC1c1cccc2c1ccc1cc3ccccc3cc12. The number of rotatable bonds is 1. The summed E-state index contributed by atoms with van der Waals surface area (Å²) in [5.41, 5.74) is 1.22. The standard InChI is InChI=1S/C24H20O/c25-24-11-4-3-8-22(24)19-9-5-10-20-21(19)13-12-18-14-16-6-1-2-7-17(16)15-23(18)20/h1-2,5-7,9-10,12-15,22H,3-4,8,11H2. The first-order valence-corrected chi connectivity index (χ1v) is 9.18. The normalized spacial score (nSPS) is 18.2. The highest BCUT2D eigenvalue weighted by Crippen LogP contribution is 2.37. The third kappa shape index (κ3) is 2.34. The smallest absolute Gasteiger partial charge is 0.140 e. The molecule has 1 heteroatoms. The molecule has 1 fully saturated rings. The number of Topliss-reactive ketones (excluding diaryl/α,β-unsaturated/α-hetero) is 1. The molecule has 4 aromatic carbocycles. The Kier molecular flexibility index (Phi) is 3.34. The number of carbonyl (C=O) groups excluding carboxylic acids is 1. The minimum absolute atomic E-state index is 0.0790. The fraction of sp³-hybridized carbons (Fsp3) is 0.208. The number of hydrogen-bond acceptors (Lipinski definition) is 1. The third-order valence-electron chi connectivity index (χ3n) is 5.71. The van der Waals surface area contributed by atoms with Crippen LogP contribution in [0.3, 0.4) is 0 Å². The van der Waals surface area contributed by atoms with Gasteiger partial charge in [0.05, 0.1) is 0 Å². The maximum absolute atomic E-state index is 12.5. The molecule has 4 aromatic rings. The molecule has 0 bridgehead atoms. The first kappa shape index (κ1) is 14.7. The Bertz CT molecular complexity index is 1120. The molecule has 0 aromatic heterocycles. The van der Waals surface area contributed by atoms with E-state index in [0.29, 0.717) is 5.78 Å². The molecular weight excluding hydrogens is 304 g/mol. The minimum atomic E-state index is 0.0790. The van der Waals surface area contributed by atoms with Crippen molar-refractivity contribution in [3.8, 4) is 0 Å². The van der Waals surface area contributed by atoms with Crippen LogP contribution < -0.4 is 0 Å². The molecule has 1 atom stereocenters. The van der Waals surface area contributed by atoms with Crippen LogP contribution in [-0.2, 0) is 4.79 Å². The van der Waals surface area contributed by atoms with Gasteiger partial charge in [0, 0.05) is 12.3 Å². The summed E-state index contributed by atoms with van der Waals surface area (Å²) >= 11 is 0. The second-order valence-electron chi connectivity index (χ2n) is 7.19. The van der Waals surface area contributed by atoms with Crippen molar-refractivity contribution in [2.45, 2.75) is 31.6 Å². The lowest BCUT2D eigenvalue weighted by Gasteiger charge is -2.22. The largest absolute Gasteiger partial charge is 0.299 e. The summed E-state index contributed by atoms with van der Waals surface area (Å²) in [5.74, 6) is 0.493. The van der Waals surface area contributed by atoms with Gasteiger partial charge in [0.1, 0.15) is 5.78 Å².